The number of ether oxygens (including phenoxy) is 2. The minimum atomic E-state index is -0.529. The summed E-state index contributed by atoms with van der Waals surface area (Å²) in [7, 11) is 1.31. The lowest BCUT2D eigenvalue weighted by atomic mass is 10.0. The van der Waals surface area contributed by atoms with Gasteiger partial charge in [0.2, 0.25) is 0 Å². The third-order valence-electron chi connectivity index (χ3n) is 3.74. The van der Waals surface area contributed by atoms with Gasteiger partial charge < -0.3 is 14.8 Å². The molecular formula is C17H16BrFN2O3. The number of anilines is 1. The van der Waals surface area contributed by atoms with Gasteiger partial charge in [0.25, 0.3) is 0 Å². The number of benzene rings is 1. The van der Waals surface area contributed by atoms with Crippen molar-refractivity contribution in [3.63, 3.8) is 0 Å². The molecule has 0 spiro atoms. The quantitative estimate of drug-likeness (QED) is 0.636. The van der Waals surface area contributed by atoms with Crippen LogP contribution in [0, 0.1) is 5.82 Å². The van der Waals surface area contributed by atoms with E-state index in [9.17, 15) is 9.18 Å². The maximum atomic E-state index is 13.1. The number of pyridine rings is 1. The summed E-state index contributed by atoms with van der Waals surface area (Å²) in [5, 5.41) is 3.20. The minimum absolute atomic E-state index is 0.184. The lowest BCUT2D eigenvalue weighted by Gasteiger charge is -2.17. The highest BCUT2D eigenvalue weighted by Gasteiger charge is 2.26. The van der Waals surface area contributed by atoms with E-state index in [-0.39, 0.29) is 11.5 Å². The van der Waals surface area contributed by atoms with Crippen molar-refractivity contribution < 1.29 is 18.7 Å². The van der Waals surface area contributed by atoms with E-state index in [1.54, 1.807) is 12.1 Å². The molecule has 0 bridgehead atoms. The van der Waals surface area contributed by atoms with Crippen LogP contribution in [0.3, 0.4) is 0 Å². The molecule has 1 N–H and O–H groups in total. The highest BCUT2D eigenvalue weighted by atomic mass is 79.9. The molecule has 0 atom stereocenters. The fraction of sp³-hybridized carbons (Fsp3) is 0.294. The molecule has 2 aromatic rings. The number of methoxy groups -OCH3 is 1. The van der Waals surface area contributed by atoms with Crippen LogP contribution in [-0.4, -0.2) is 31.2 Å². The second-order valence-electron chi connectivity index (χ2n) is 5.36. The lowest BCUT2D eigenvalue weighted by molar-refractivity contribution is 0.0594. The Balaban J connectivity index is 2.08. The molecule has 0 saturated heterocycles. The summed E-state index contributed by atoms with van der Waals surface area (Å²) in [6.07, 6.45) is 1.31. The van der Waals surface area contributed by atoms with Gasteiger partial charge in [0.1, 0.15) is 16.1 Å². The maximum absolute atomic E-state index is 13.1. The predicted molar refractivity (Wildman–Crippen MR) is 91.1 cm³/mol. The Morgan fingerprint density at radius 2 is 2.17 bits per heavy atom. The molecule has 1 aliphatic rings. The van der Waals surface area contributed by atoms with Crippen LogP contribution in [0.2, 0.25) is 0 Å². The molecule has 0 radical (unpaired) electrons. The summed E-state index contributed by atoms with van der Waals surface area (Å²) in [4.78, 5) is 16.4. The van der Waals surface area contributed by atoms with E-state index in [4.69, 9.17) is 9.47 Å². The summed E-state index contributed by atoms with van der Waals surface area (Å²) < 4.78 is 24.3. The first kappa shape index (κ1) is 16.7. The van der Waals surface area contributed by atoms with Crippen LogP contribution in [0.25, 0.3) is 0 Å². The fourth-order valence-electron chi connectivity index (χ4n) is 2.56. The van der Waals surface area contributed by atoms with Crippen LogP contribution in [-0.2, 0) is 11.2 Å². The third-order valence-corrected chi connectivity index (χ3v) is 4.40. The van der Waals surface area contributed by atoms with Crippen molar-refractivity contribution in [2.75, 3.05) is 25.6 Å². The molecule has 2 heterocycles. The lowest BCUT2D eigenvalue weighted by Crippen LogP contribution is -2.13. The normalized spacial score (nSPS) is 13.3. The van der Waals surface area contributed by atoms with Crippen molar-refractivity contribution in [2.24, 2.45) is 0 Å². The topological polar surface area (TPSA) is 60.5 Å². The van der Waals surface area contributed by atoms with Crippen LogP contribution in [0.15, 0.2) is 28.9 Å². The first-order valence-electron chi connectivity index (χ1n) is 7.52. The molecule has 0 saturated carbocycles. The Morgan fingerprint density at radius 3 is 2.88 bits per heavy atom. The van der Waals surface area contributed by atoms with Gasteiger partial charge in [-0.25, -0.2) is 14.2 Å². The van der Waals surface area contributed by atoms with Crippen molar-refractivity contribution in [3.8, 4) is 5.75 Å². The van der Waals surface area contributed by atoms with Crippen LogP contribution in [0.5, 0.6) is 5.75 Å². The standard InChI is InChI=1S/C17H16BrFN2O3/c1-23-17(22)14-13-15(24-8-2-7-20-13)12(16(18)21-14)9-10-3-5-11(19)6-4-10/h3-6,20H,2,7-9H2,1H3. The zero-order valence-electron chi connectivity index (χ0n) is 13.1. The first-order chi connectivity index (χ1) is 11.6. The Morgan fingerprint density at radius 1 is 1.42 bits per heavy atom. The van der Waals surface area contributed by atoms with Crippen LogP contribution >= 0.6 is 15.9 Å². The van der Waals surface area contributed by atoms with Gasteiger partial charge in [-0.2, -0.15) is 0 Å². The number of esters is 1. The molecule has 0 fully saturated rings. The molecule has 0 amide bonds. The van der Waals surface area contributed by atoms with Gasteiger partial charge in [-0.15, -0.1) is 0 Å². The fourth-order valence-corrected chi connectivity index (χ4v) is 3.06. The van der Waals surface area contributed by atoms with Gasteiger partial charge >= 0.3 is 5.97 Å². The highest BCUT2D eigenvalue weighted by Crippen LogP contribution is 2.38. The Bertz CT molecular complexity index is 765. The van der Waals surface area contributed by atoms with Crippen LogP contribution in [0.1, 0.15) is 28.0 Å². The molecule has 1 aliphatic heterocycles. The van der Waals surface area contributed by atoms with Crippen molar-refractivity contribution in [3.05, 3.63) is 51.5 Å². The number of carbonyl (C=O) groups is 1. The zero-order valence-corrected chi connectivity index (χ0v) is 14.7. The maximum Gasteiger partial charge on any atom is 0.359 e. The van der Waals surface area contributed by atoms with Crippen molar-refractivity contribution in [1.82, 2.24) is 4.98 Å². The number of aromatic nitrogens is 1. The molecule has 1 aromatic heterocycles. The summed E-state index contributed by atoms with van der Waals surface area (Å²) in [6, 6.07) is 6.26. The van der Waals surface area contributed by atoms with E-state index >= 15 is 0 Å². The second-order valence-corrected chi connectivity index (χ2v) is 6.11. The van der Waals surface area contributed by atoms with Gasteiger partial charge in [0, 0.05) is 18.5 Å². The van der Waals surface area contributed by atoms with E-state index in [0.717, 1.165) is 17.5 Å². The van der Waals surface area contributed by atoms with E-state index < -0.39 is 5.97 Å². The minimum Gasteiger partial charge on any atom is -0.491 e. The van der Waals surface area contributed by atoms with Gasteiger partial charge in [0.15, 0.2) is 11.4 Å². The first-order valence-corrected chi connectivity index (χ1v) is 8.31. The van der Waals surface area contributed by atoms with Crippen molar-refractivity contribution in [1.29, 1.82) is 0 Å². The average Bonchev–Trinajstić information content (AvgIpc) is 2.84. The number of rotatable bonds is 3. The number of carbonyl (C=O) groups excluding carboxylic acids is 1. The number of hydrogen-bond acceptors (Lipinski definition) is 5. The van der Waals surface area contributed by atoms with Gasteiger partial charge in [-0.1, -0.05) is 12.1 Å². The smallest absolute Gasteiger partial charge is 0.359 e. The summed E-state index contributed by atoms with van der Waals surface area (Å²) in [5.41, 5.74) is 2.45. The van der Waals surface area contributed by atoms with Gasteiger partial charge in [0.05, 0.1) is 13.7 Å². The van der Waals surface area contributed by atoms with Gasteiger partial charge in [-0.3, -0.25) is 0 Å². The van der Waals surface area contributed by atoms with Crippen LogP contribution < -0.4 is 10.1 Å². The Kier molecular flexibility index (Phi) is 4.99. The number of fused-ring (bicyclic) bond motifs is 1. The van der Waals surface area contributed by atoms with E-state index in [0.29, 0.717) is 35.6 Å². The molecule has 0 aliphatic carbocycles. The molecule has 0 unspecified atom stereocenters. The number of nitrogens with one attached hydrogen (secondary N) is 1. The molecule has 1 aromatic carbocycles. The molecule has 7 heteroatoms. The Hall–Kier alpha value is -2.15. The zero-order chi connectivity index (χ0) is 17.1. The van der Waals surface area contributed by atoms with Crippen molar-refractivity contribution in [2.45, 2.75) is 12.8 Å². The summed E-state index contributed by atoms with van der Waals surface area (Å²) in [6.45, 7) is 1.21. The summed E-state index contributed by atoms with van der Waals surface area (Å²) in [5.74, 6) is -0.230. The average molecular weight is 395 g/mol. The number of halogens is 2. The predicted octanol–water partition coefficient (Wildman–Crippen LogP) is 3.56. The molecule has 5 nitrogen and oxygen atoms in total. The Labute approximate surface area is 147 Å². The number of hydrogen-bond donors (Lipinski definition) is 1. The summed E-state index contributed by atoms with van der Waals surface area (Å²) >= 11 is 3.42. The van der Waals surface area contributed by atoms with Crippen molar-refractivity contribution >= 4 is 27.6 Å². The molecule has 3 rings (SSSR count). The monoisotopic (exact) mass is 394 g/mol. The molecule has 24 heavy (non-hydrogen) atoms. The van der Waals surface area contributed by atoms with Crippen LogP contribution in [0.4, 0.5) is 10.1 Å². The van der Waals surface area contributed by atoms with Gasteiger partial charge in [-0.05, 0) is 40.0 Å². The third kappa shape index (κ3) is 3.36. The van der Waals surface area contributed by atoms with E-state index in [1.807, 2.05) is 0 Å². The van der Waals surface area contributed by atoms with E-state index in [2.05, 4.69) is 26.2 Å². The largest absolute Gasteiger partial charge is 0.491 e. The molecular weight excluding hydrogens is 379 g/mol. The molecule has 126 valence electrons. The SMILES string of the molecule is COC(=O)c1nc(Br)c(Cc2ccc(F)cc2)c2c1NCCCO2. The number of nitrogens with zero attached hydrogens (tertiary/aromatic N) is 1. The highest BCUT2D eigenvalue weighted by molar-refractivity contribution is 9.10. The second kappa shape index (κ2) is 7.17. The van der Waals surface area contributed by atoms with E-state index in [1.165, 1.54) is 19.2 Å².